The van der Waals surface area contributed by atoms with Crippen molar-refractivity contribution < 1.29 is 43.3 Å². The number of hydrogen-bond acceptors (Lipinski definition) is 9. The van der Waals surface area contributed by atoms with Crippen molar-refractivity contribution in [3.63, 3.8) is 0 Å². The van der Waals surface area contributed by atoms with Gasteiger partial charge in [-0.3, -0.25) is 14.4 Å². The highest BCUT2D eigenvalue weighted by Crippen LogP contribution is 2.40. The molecule has 13 nitrogen and oxygen atoms in total. The van der Waals surface area contributed by atoms with E-state index in [9.17, 15) is 29.1 Å². The number of nitrogens with zero attached hydrogens (tertiary/aromatic N) is 3. The van der Waals surface area contributed by atoms with E-state index in [1.807, 2.05) is 19.9 Å². The van der Waals surface area contributed by atoms with Gasteiger partial charge in [-0.05, 0) is 76.6 Å². The smallest absolute Gasteiger partial charge is 0.409 e. The SMILES string of the molecule is CCOC(=O)CCC(NC(=O)c1cc(OC2(C(=O)O)CCC2)c2cc(C)c(C)cc2n1)C(=O)N1CCN(C(=O)OCC)CC1. The number of aliphatic carboxylic acids is 1. The van der Waals surface area contributed by atoms with Crippen molar-refractivity contribution in [2.24, 2.45) is 0 Å². The van der Waals surface area contributed by atoms with Crippen LogP contribution < -0.4 is 10.1 Å². The fourth-order valence-electron chi connectivity index (χ4n) is 5.25. The summed E-state index contributed by atoms with van der Waals surface area (Å²) in [5.41, 5.74) is 0.878. The van der Waals surface area contributed by atoms with Crippen LogP contribution in [0.5, 0.6) is 5.75 Å². The van der Waals surface area contributed by atoms with E-state index >= 15 is 0 Å². The fraction of sp³-hybridized carbons (Fsp3) is 0.548. The van der Waals surface area contributed by atoms with Crippen molar-refractivity contribution in [3.05, 3.63) is 35.0 Å². The van der Waals surface area contributed by atoms with Gasteiger partial charge < -0.3 is 34.4 Å². The van der Waals surface area contributed by atoms with Crippen molar-refractivity contribution in [2.45, 2.75) is 71.4 Å². The number of pyridine rings is 1. The van der Waals surface area contributed by atoms with Crippen LogP contribution in [0.2, 0.25) is 0 Å². The summed E-state index contributed by atoms with van der Waals surface area (Å²) in [5.74, 6) is -2.45. The van der Waals surface area contributed by atoms with Gasteiger partial charge in [-0.2, -0.15) is 0 Å². The third kappa shape index (κ3) is 7.20. The molecule has 1 aromatic carbocycles. The molecule has 0 spiro atoms. The number of carboxylic acids is 1. The van der Waals surface area contributed by atoms with Gasteiger partial charge in [0.25, 0.3) is 5.91 Å². The Labute approximate surface area is 255 Å². The Bertz CT molecular complexity index is 1430. The maximum atomic E-state index is 13.7. The van der Waals surface area contributed by atoms with Crippen LogP contribution in [0.4, 0.5) is 4.79 Å². The molecule has 2 heterocycles. The third-order valence-corrected chi connectivity index (χ3v) is 8.14. The zero-order valence-corrected chi connectivity index (χ0v) is 25.6. The zero-order valence-electron chi connectivity index (χ0n) is 25.6. The van der Waals surface area contributed by atoms with Gasteiger partial charge in [-0.1, -0.05) is 0 Å². The molecule has 0 bridgehead atoms. The number of hydrogen-bond donors (Lipinski definition) is 2. The second kappa shape index (κ2) is 13.9. The molecule has 0 radical (unpaired) electrons. The Hall–Kier alpha value is -4.42. The van der Waals surface area contributed by atoms with E-state index in [4.69, 9.17) is 14.2 Å². The number of amides is 3. The van der Waals surface area contributed by atoms with Gasteiger partial charge in [0.05, 0.1) is 18.7 Å². The lowest BCUT2D eigenvalue weighted by atomic mass is 9.80. The lowest BCUT2D eigenvalue weighted by molar-refractivity contribution is -0.163. The summed E-state index contributed by atoms with van der Waals surface area (Å²) in [6, 6.07) is 3.97. The van der Waals surface area contributed by atoms with Crippen LogP contribution in [0.25, 0.3) is 10.9 Å². The number of fused-ring (bicyclic) bond motifs is 1. The molecule has 1 atom stereocenters. The van der Waals surface area contributed by atoms with E-state index in [1.54, 1.807) is 19.9 Å². The second-order valence-corrected chi connectivity index (χ2v) is 11.1. The van der Waals surface area contributed by atoms with Crippen molar-refractivity contribution in [1.82, 2.24) is 20.1 Å². The number of carbonyl (C=O) groups is 5. The van der Waals surface area contributed by atoms with Gasteiger partial charge in [0.2, 0.25) is 11.5 Å². The molecule has 1 aromatic heterocycles. The quantitative estimate of drug-likeness (QED) is 0.361. The van der Waals surface area contributed by atoms with Crippen molar-refractivity contribution in [3.8, 4) is 5.75 Å². The van der Waals surface area contributed by atoms with Gasteiger partial charge in [0.15, 0.2) is 0 Å². The number of aromatic nitrogens is 1. The van der Waals surface area contributed by atoms with E-state index in [2.05, 4.69) is 10.3 Å². The van der Waals surface area contributed by atoms with Crippen LogP contribution in [-0.4, -0.2) is 101 Å². The molecule has 2 aromatic rings. The molecule has 4 rings (SSSR count). The first kappa shape index (κ1) is 32.5. The minimum Gasteiger partial charge on any atom is -0.478 e. The maximum Gasteiger partial charge on any atom is 0.409 e. The number of nitrogens with one attached hydrogen (secondary N) is 1. The number of aryl methyl sites for hydroxylation is 2. The van der Waals surface area contributed by atoms with Crippen LogP contribution in [0.3, 0.4) is 0 Å². The Morgan fingerprint density at radius 2 is 1.59 bits per heavy atom. The van der Waals surface area contributed by atoms with Crippen LogP contribution in [0.15, 0.2) is 18.2 Å². The summed E-state index contributed by atoms with van der Waals surface area (Å²) in [7, 11) is 0. The molecule has 2 N–H and O–H groups in total. The molecular weight excluding hydrogens is 572 g/mol. The molecule has 1 saturated carbocycles. The molecule has 13 heteroatoms. The van der Waals surface area contributed by atoms with Crippen molar-refractivity contribution >= 4 is 40.7 Å². The van der Waals surface area contributed by atoms with Gasteiger partial charge in [-0.25, -0.2) is 14.6 Å². The van der Waals surface area contributed by atoms with E-state index in [1.165, 1.54) is 15.9 Å². The molecule has 1 aliphatic carbocycles. The summed E-state index contributed by atoms with van der Waals surface area (Å²) in [5, 5.41) is 13.2. The van der Waals surface area contributed by atoms with Crippen molar-refractivity contribution in [1.29, 1.82) is 0 Å². The monoisotopic (exact) mass is 612 g/mol. The van der Waals surface area contributed by atoms with Gasteiger partial charge in [0.1, 0.15) is 17.5 Å². The number of carbonyl (C=O) groups excluding carboxylic acids is 4. The van der Waals surface area contributed by atoms with Crippen LogP contribution in [0.1, 0.15) is 67.6 Å². The van der Waals surface area contributed by atoms with Gasteiger partial charge >= 0.3 is 18.0 Å². The molecule has 238 valence electrons. The van der Waals surface area contributed by atoms with Crippen molar-refractivity contribution in [2.75, 3.05) is 39.4 Å². The highest BCUT2D eigenvalue weighted by molar-refractivity contribution is 6.00. The third-order valence-electron chi connectivity index (χ3n) is 8.14. The predicted octanol–water partition coefficient (Wildman–Crippen LogP) is 2.98. The highest BCUT2D eigenvalue weighted by Gasteiger charge is 2.47. The molecule has 1 unspecified atom stereocenters. The average molecular weight is 613 g/mol. The fourth-order valence-corrected chi connectivity index (χ4v) is 5.25. The number of esters is 1. The minimum absolute atomic E-state index is 0.0150. The highest BCUT2D eigenvalue weighted by atomic mass is 16.6. The Balaban J connectivity index is 1.60. The molecular formula is C31H40N4O9. The summed E-state index contributed by atoms with van der Waals surface area (Å²) in [6.45, 7) is 8.62. The maximum absolute atomic E-state index is 13.7. The lowest BCUT2D eigenvalue weighted by Gasteiger charge is -2.38. The Kier molecular flexibility index (Phi) is 10.3. The van der Waals surface area contributed by atoms with Gasteiger partial charge in [-0.15, -0.1) is 0 Å². The summed E-state index contributed by atoms with van der Waals surface area (Å²) in [6.07, 6.45) is 0.813. The van der Waals surface area contributed by atoms with E-state index in [0.29, 0.717) is 30.2 Å². The van der Waals surface area contributed by atoms with E-state index in [-0.39, 0.29) is 63.7 Å². The first-order valence-corrected chi connectivity index (χ1v) is 15.0. The first-order chi connectivity index (χ1) is 21.0. The predicted molar refractivity (Wildman–Crippen MR) is 158 cm³/mol. The molecule has 2 fully saturated rings. The summed E-state index contributed by atoms with van der Waals surface area (Å²) >= 11 is 0. The summed E-state index contributed by atoms with van der Waals surface area (Å²) in [4.78, 5) is 71.2. The number of rotatable bonds is 11. The van der Waals surface area contributed by atoms with E-state index in [0.717, 1.165) is 11.1 Å². The Morgan fingerprint density at radius 1 is 0.955 bits per heavy atom. The first-order valence-electron chi connectivity index (χ1n) is 15.0. The lowest BCUT2D eigenvalue weighted by Crippen LogP contribution is -2.56. The van der Waals surface area contributed by atoms with E-state index < -0.39 is 41.5 Å². The normalized spacial score (nSPS) is 16.5. The Morgan fingerprint density at radius 3 is 2.18 bits per heavy atom. The average Bonchev–Trinajstić information content (AvgIpc) is 2.97. The molecule has 3 amide bonds. The molecule has 44 heavy (non-hydrogen) atoms. The molecule has 1 aliphatic heterocycles. The number of piperazine rings is 1. The number of carboxylic acid groups (broad SMARTS) is 1. The number of ether oxygens (including phenoxy) is 3. The van der Waals surface area contributed by atoms with Crippen LogP contribution in [-0.2, 0) is 23.9 Å². The molecule has 1 saturated heterocycles. The number of benzene rings is 1. The summed E-state index contributed by atoms with van der Waals surface area (Å²) < 4.78 is 16.2. The largest absolute Gasteiger partial charge is 0.478 e. The zero-order chi connectivity index (χ0) is 32.0. The van der Waals surface area contributed by atoms with Crippen LogP contribution >= 0.6 is 0 Å². The topological polar surface area (TPSA) is 165 Å². The van der Waals surface area contributed by atoms with Gasteiger partial charge in [0, 0.05) is 44.1 Å². The minimum atomic E-state index is -1.38. The second-order valence-electron chi connectivity index (χ2n) is 11.1. The van der Waals surface area contributed by atoms with Crippen LogP contribution in [0, 0.1) is 13.8 Å². The standard InChI is InChI=1S/C31H40N4O9/c1-5-42-26(36)9-8-22(28(38)34-12-14-35(15-13-34)30(41)43-6-2)33-27(37)24-18-25(44-31(29(39)40)10-7-11-31)21-16-19(3)20(4)17-23(21)32-24/h16-18,22H,5-15H2,1-4H3,(H,33,37)(H,39,40). The molecule has 2 aliphatic rings.